The first-order chi connectivity index (χ1) is 6.11. The molecular formula is C9H15NO3. The summed E-state index contributed by atoms with van der Waals surface area (Å²) in [6.07, 6.45) is 1.56. The molecule has 0 aliphatic carbocycles. The second kappa shape index (κ2) is 6.22. The molecule has 0 atom stereocenters. The fraction of sp³-hybridized carbons (Fsp3) is 0.556. The third kappa shape index (κ3) is 5.00. The largest absolute Gasteiger partial charge is 0.461 e. The van der Waals surface area contributed by atoms with E-state index < -0.39 is 5.97 Å². The van der Waals surface area contributed by atoms with Gasteiger partial charge >= 0.3 is 5.97 Å². The van der Waals surface area contributed by atoms with E-state index in [0.29, 0.717) is 13.0 Å². The summed E-state index contributed by atoms with van der Waals surface area (Å²) in [5.41, 5.74) is 0. The average Bonchev–Trinajstić information content (AvgIpc) is 2.15. The van der Waals surface area contributed by atoms with Crippen LogP contribution in [0.5, 0.6) is 0 Å². The lowest BCUT2D eigenvalue weighted by Gasteiger charge is -2.15. The predicted octanol–water partition coefficient (Wildman–Crippen LogP) is 0.584. The number of nitrogens with zero attached hydrogens (tertiary/aromatic N) is 1. The topological polar surface area (TPSA) is 46.6 Å². The number of carbonyl (C=O) groups excluding carboxylic acids is 2. The summed E-state index contributed by atoms with van der Waals surface area (Å²) in [7, 11) is 1.67. The molecule has 0 bridgehead atoms. The van der Waals surface area contributed by atoms with Crippen LogP contribution >= 0.6 is 0 Å². The zero-order valence-corrected chi connectivity index (χ0v) is 8.08. The van der Waals surface area contributed by atoms with Gasteiger partial charge < -0.3 is 9.64 Å². The van der Waals surface area contributed by atoms with E-state index in [-0.39, 0.29) is 12.5 Å². The van der Waals surface area contributed by atoms with E-state index in [1.54, 1.807) is 14.0 Å². The minimum absolute atomic E-state index is 0.0367. The van der Waals surface area contributed by atoms with E-state index in [0.717, 1.165) is 6.08 Å². The molecule has 0 fully saturated rings. The summed E-state index contributed by atoms with van der Waals surface area (Å²) < 4.78 is 4.71. The average molecular weight is 185 g/mol. The second-order valence-electron chi connectivity index (χ2n) is 2.54. The molecule has 1 amide bonds. The molecule has 0 rings (SSSR count). The van der Waals surface area contributed by atoms with Gasteiger partial charge in [-0.1, -0.05) is 13.5 Å². The van der Waals surface area contributed by atoms with E-state index in [1.807, 2.05) is 0 Å². The lowest BCUT2D eigenvalue weighted by molar-refractivity contribution is -0.140. The van der Waals surface area contributed by atoms with Crippen LogP contribution in [0.4, 0.5) is 0 Å². The Bertz CT molecular complexity index is 201. The Hall–Kier alpha value is -1.32. The summed E-state index contributed by atoms with van der Waals surface area (Å²) in [5.74, 6) is -0.424. The minimum Gasteiger partial charge on any atom is -0.461 e. The predicted molar refractivity (Wildman–Crippen MR) is 49.1 cm³/mol. The van der Waals surface area contributed by atoms with E-state index in [4.69, 9.17) is 4.74 Å². The molecule has 0 aliphatic rings. The Labute approximate surface area is 78.2 Å². The number of hydrogen-bond donors (Lipinski definition) is 0. The summed E-state index contributed by atoms with van der Waals surface area (Å²) in [6.45, 7) is 5.68. The van der Waals surface area contributed by atoms with E-state index in [9.17, 15) is 9.59 Å². The molecule has 4 nitrogen and oxygen atoms in total. The van der Waals surface area contributed by atoms with Crippen LogP contribution in [0.3, 0.4) is 0 Å². The summed E-state index contributed by atoms with van der Waals surface area (Å²) >= 11 is 0. The molecular weight excluding hydrogens is 170 g/mol. The highest BCUT2D eigenvalue weighted by Gasteiger charge is 2.05. The number of ether oxygens (including phenoxy) is 1. The summed E-state index contributed by atoms with van der Waals surface area (Å²) in [4.78, 5) is 23.1. The van der Waals surface area contributed by atoms with Crippen LogP contribution in [-0.4, -0.2) is 37.0 Å². The lowest BCUT2D eigenvalue weighted by atomic mass is 10.4. The Balaban J connectivity index is 3.58. The highest BCUT2D eigenvalue weighted by molar-refractivity contribution is 5.81. The molecule has 0 aromatic carbocycles. The molecule has 0 N–H and O–H groups in total. The minimum atomic E-state index is -0.461. The first-order valence-electron chi connectivity index (χ1n) is 4.15. The van der Waals surface area contributed by atoms with Gasteiger partial charge in [0.2, 0.25) is 5.91 Å². The van der Waals surface area contributed by atoms with Crippen molar-refractivity contribution < 1.29 is 14.3 Å². The molecule has 4 heteroatoms. The fourth-order valence-electron chi connectivity index (χ4n) is 0.737. The maximum atomic E-state index is 11.0. The van der Waals surface area contributed by atoms with Gasteiger partial charge in [0.1, 0.15) is 6.61 Å². The number of hydrogen-bond acceptors (Lipinski definition) is 3. The molecule has 0 spiro atoms. The van der Waals surface area contributed by atoms with Crippen molar-refractivity contribution in [3.05, 3.63) is 12.7 Å². The molecule has 0 saturated carbocycles. The number of carbonyl (C=O) groups is 2. The standard InChI is InChI=1S/C9H15NO3/c1-4-8(11)10(3)6-7-13-9(12)5-2/h5H,2,4,6-7H2,1,3H3. The molecule has 13 heavy (non-hydrogen) atoms. The second-order valence-corrected chi connectivity index (χ2v) is 2.54. The van der Waals surface area contributed by atoms with Crippen molar-refractivity contribution in [2.45, 2.75) is 13.3 Å². The van der Waals surface area contributed by atoms with Crippen LogP contribution in [0.15, 0.2) is 12.7 Å². The monoisotopic (exact) mass is 185 g/mol. The highest BCUT2D eigenvalue weighted by Crippen LogP contribution is 1.89. The normalized spacial score (nSPS) is 9.08. The molecule has 0 radical (unpaired) electrons. The van der Waals surface area contributed by atoms with E-state index >= 15 is 0 Å². The van der Waals surface area contributed by atoms with Crippen molar-refractivity contribution in [2.24, 2.45) is 0 Å². The Morgan fingerprint density at radius 1 is 1.54 bits per heavy atom. The van der Waals surface area contributed by atoms with Gasteiger partial charge in [-0.2, -0.15) is 0 Å². The van der Waals surface area contributed by atoms with Gasteiger partial charge in [-0.05, 0) is 0 Å². The van der Waals surface area contributed by atoms with Crippen molar-refractivity contribution in [2.75, 3.05) is 20.2 Å². The van der Waals surface area contributed by atoms with Crippen molar-refractivity contribution in [3.8, 4) is 0 Å². The number of rotatable bonds is 5. The molecule has 0 aromatic rings. The number of amides is 1. The van der Waals surface area contributed by atoms with Gasteiger partial charge in [-0.25, -0.2) is 4.79 Å². The maximum Gasteiger partial charge on any atom is 0.330 e. The lowest BCUT2D eigenvalue weighted by Crippen LogP contribution is -2.29. The molecule has 0 unspecified atom stereocenters. The maximum absolute atomic E-state index is 11.0. The van der Waals surface area contributed by atoms with Crippen LogP contribution in [0, 0.1) is 0 Å². The SMILES string of the molecule is C=CC(=O)OCCN(C)C(=O)CC. The molecule has 0 aromatic heterocycles. The van der Waals surface area contributed by atoms with Gasteiger partial charge in [-0.3, -0.25) is 4.79 Å². The van der Waals surface area contributed by atoms with Crippen LogP contribution in [0.2, 0.25) is 0 Å². The number of esters is 1. The van der Waals surface area contributed by atoms with Crippen molar-refractivity contribution in [3.63, 3.8) is 0 Å². The van der Waals surface area contributed by atoms with Gasteiger partial charge in [0.15, 0.2) is 0 Å². The molecule has 0 aliphatic heterocycles. The first kappa shape index (κ1) is 11.7. The van der Waals surface area contributed by atoms with E-state index in [2.05, 4.69) is 6.58 Å². The number of likely N-dealkylation sites (N-methyl/N-ethyl adjacent to an activating group) is 1. The van der Waals surface area contributed by atoms with Crippen LogP contribution in [-0.2, 0) is 14.3 Å². The molecule has 0 saturated heterocycles. The van der Waals surface area contributed by atoms with Crippen LogP contribution in [0.25, 0.3) is 0 Å². The van der Waals surface area contributed by atoms with Gasteiger partial charge in [0.25, 0.3) is 0 Å². The smallest absolute Gasteiger partial charge is 0.330 e. The molecule has 74 valence electrons. The Morgan fingerprint density at radius 2 is 2.15 bits per heavy atom. The van der Waals surface area contributed by atoms with Crippen molar-refractivity contribution in [1.82, 2.24) is 4.90 Å². The van der Waals surface area contributed by atoms with Crippen molar-refractivity contribution in [1.29, 1.82) is 0 Å². The first-order valence-corrected chi connectivity index (χ1v) is 4.15. The summed E-state index contributed by atoms with van der Waals surface area (Å²) in [6, 6.07) is 0. The van der Waals surface area contributed by atoms with Crippen molar-refractivity contribution >= 4 is 11.9 Å². The third-order valence-electron chi connectivity index (χ3n) is 1.57. The van der Waals surface area contributed by atoms with Gasteiger partial charge in [-0.15, -0.1) is 0 Å². The quantitative estimate of drug-likeness (QED) is 0.465. The Kier molecular flexibility index (Phi) is 5.59. The third-order valence-corrected chi connectivity index (χ3v) is 1.57. The van der Waals surface area contributed by atoms with Gasteiger partial charge in [0.05, 0.1) is 6.54 Å². The Morgan fingerprint density at radius 3 is 2.62 bits per heavy atom. The van der Waals surface area contributed by atoms with Gasteiger partial charge in [0, 0.05) is 19.5 Å². The fourth-order valence-corrected chi connectivity index (χ4v) is 0.737. The molecule has 0 heterocycles. The van der Waals surface area contributed by atoms with Crippen LogP contribution in [0.1, 0.15) is 13.3 Å². The zero-order valence-electron chi connectivity index (χ0n) is 8.08. The summed E-state index contributed by atoms with van der Waals surface area (Å²) in [5, 5.41) is 0. The zero-order chi connectivity index (χ0) is 10.3. The van der Waals surface area contributed by atoms with Crippen LogP contribution < -0.4 is 0 Å². The van der Waals surface area contributed by atoms with E-state index in [1.165, 1.54) is 4.90 Å². The highest BCUT2D eigenvalue weighted by atomic mass is 16.5.